The van der Waals surface area contributed by atoms with Crippen LogP contribution in [0.15, 0.2) is 41.3 Å². The fourth-order valence-corrected chi connectivity index (χ4v) is 5.01. The zero-order valence-electron chi connectivity index (χ0n) is 16.8. The van der Waals surface area contributed by atoms with Crippen LogP contribution in [0.5, 0.6) is 5.75 Å². The summed E-state index contributed by atoms with van der Waals surface area (Å²) in [6.45, 7) is 1.45. The molecule has 0 atom stereocenters. The highest BCUT2D eigenvalue weighted by Crippen LogP contribution is 2.43. The van der Waals surface area contributed by atoms with Crippen molar-refractivity contribution in [3.05, 3.63) is 47.5 Å². The SMILES string of the molecule is COc1ccc(C(=O)O)cc1S(=O)(=O)Nc1cc(C(F)(F)F)ccc1N1CC2(CCO2)C1. The molecular formula is C20H19F3N2O6S. The van der Waals surface area contributed by atoms with Gasteiger partial charge >= 0.3 is 12.1 Å². The van der Waals surface area contributed by atoms with Gasteiger partial charge in [-0.25, -0.2) is 13.2 Å². The molecule has 0 aromatic heterocycles. The number of nitrogens with zero attached hydrogens (tertiary/aromatic N) is 1. The zero-order chi connectivity index (χ0) is 23.3. The summed E-state index contributed by atoms with van der Waals surface area (Å²) in [5, 5.41) is 9.19. The van der Waals surface area contributed by atoms with E-state index in [-0.39, 0.29) is 28.3 Å². The first-order valence-corrected chi connectivity index (χ1v) is 11.0. The van der Waals surface area contributed by atoms with Gasteiger partial charge in [-0.3, -0.25) is 4.72 Å². The number of benzene rings is 2. The van der Waals surface area contributed by atoms with Crippen LogP contribution in [-0.2, 0) is 20.9 Å². The van der Waals surface area contributed by atoms with E-state index in [0.717, 1.165) is 30.7 Å². The largest absolute Gasteiger partial charge is 0.495 e. The summed E-state index contributed by atoms with van der Waals surface area (Å²) in [7, 11) is -3.30. The lowest BCUT2D eigenvalue weighted by Gasteiger charge is -2.56. The Hall–Kier alpha value is -2.99. The molecule has 32 heavy (non-hydrogen) atoms. The Labute approximate surface area is 181 Å². The lowest BCUT2D eigenvalue weighted by atomic mass is 9.85. The summed E-state index contributed by atoms with van der Waals surface area (Å²) in [5.74, 6) is -1.52. The highest BCUT2D eigenvalue weighted by Gasteiger charge is 2.50. The molecule has 0 bridgehead atoms. The Balaban J connectivity index is 1.73. The van der Waals surface area contributed by atoms with Gasteiger partial charge in [-0.05, 0) is 36.4 Å². The first-order chi connectivity index (χ1) is 14.9. The van der Waals surface area contributed by atoms with E-state index in [2.05, 4.69) is 4.72 Å². The third kappa shape index (κ3) is 3.95. The van der Waals surface area contributed by atoms with Crippen LogP contribution >= 0.6 is 0 Å². The Morgan fingerprint density at radius 3 is 2.44 bits per heavy atom. The number of halogens is 3. The van der Waals surface area contributed by atoms with Gasteiger partial charge in [-0.15, -0.1) is 0 Å². The monoisotopic (exact) mass is 472 g/mol. The van der Waals surface area contributed by atoms with Crippen LogP contribution < -0.4 is 14.4 Å². The number of carboxylic acid groups (broad SMARTS) is 1. The van der Waals surface area contributed by atoms with Crippen molar-refractivity contribution in [2.45, 2.75) is 23.1 Å². The quantitative estimate of drug-likeness (QED) is 0.665. The Morgan fingerprint density at radius 2 is 1.91 bits per heavy atom. The van der Waals surface area contributed by atoms with Gasteiger partial charge in [0.1, 0.15) is 16.2 Å². The molecule has 4 rings (SSSR count). The number of rotatable bonds is 6. The number of alkyl halides is 3. The standard InChI is InChI=1S/C20H19F3N2O6S/c1-30-16-5-2-12(18(26)27)8-17(16)32(28,29)24-14-9-13(20(21,22)23)3-4-15(14)25-10-19(11-25)6-7-31-19/h2-5,8-9,24H,6-7,10-11H2,1H3,(H,26,27). The van der Waals surface area contributed by atoms with Crippen LogP contribution in [0.3, 0.4) is 0 Å². The average molecular weight is 472 g/mol. The molecule has 2 aliphatic rings. The second-order valence-electron chi connectivity index (χ2n) is 7.64. The van der Waals surface area contributed by atoms with Crippen molar-refractivity contribution in [3.8, 4) is 5.75 Å². The van der Waals surface area contributed by atoms with Gasteiger partial charge in [-0.1, -0.05) is 0 Å². The molecule has 0 aliphatic carbocycles. The number of hydrogen-bond donors (Lipinski definition) is 2. The lowest BCUT2D eigenvalue weighted by Crippen LogP contribution is -2.68. The molecule has 1 spiro atoms. The second kappa shape index (κ2) is 7.55. The molecule has 2 saturated heterocycles. The van der Waals surface area contributed by atoms with Crippen LogP contribution in [0.25, 0.3) is 0 Å². The number of aromatic carboxylic acids is 1. The topological polar surface area (TPSA) is 105 Å². The third-order valence-corrected chi connectivity index (χ3v) is 6.92. The van der Waals surface area contributed by atoms with Crippen LogP contribution in [0.2, 0.25) is 0 Å². The summed E-state index contributed by atoms with van der Waals surface area (Å²) in [5.41, 5.74) is -1.70. The highest BCUT2D eigenvalue weighted by molar-refractivity contribution is 7.92. The molecule has 0 saturated carbocycles. The molecule has 2 N–H and O–H groups in total. The van der Waals surface area contributed by atoms with Crippen LogP contribution in [-0.4, -0.2) is 51.9 Å². The predicted octanol–water partition coefficient (Wildman–Crippen LogP) is 3.19. The van der Waals surface area contributed by atoms with E-state index < -0.39 is 32.6 Å². The number of carboxylic acids is 1. The van der Waals surface area contributed by atoms with Crippen molar-refractivity contribution < 1.29 is 41.0 Å². The molecule has 0 unspecified atom stereocenters. The fraction of sp³-hybridized carbons (Fsp3) is 0.350. The van der Waals surface area contributed by atoms with Gasteiger partial charge in [0.15, 0.2) is 0 Å². The molecule has 12 heteroatoms. The van der Waals surface area contributed by atoms with E-state index in [1.54, 1.807) is 4.90 Å². The number of hydrogen-bond acceptors (Lipinski definition) is 6. The minimum atomic E-state index is -4.69. The van der Waals surface area contributed by atoms with Crippen LogP contribution in [0.1, 0.15) is 22.3 Å². The van der Waals surface area contributed by atoms with Crippen molar-refractivity contribution in [1.82, 2.24) is 0 Å². The Kier molecular flexibility index (Phi) is 5.24. The minimum Gasteiger partial charge on any atom is -0.495 e. The molecule has 2 heterocycles. The molecule has 2 aromatic rings. The van der Waals surface area contributed by atoms with E-state index in [1.165, 1.54) is 13.2 Å². The van der Waals surface area contributed by atoms with Crippen LogP contribution in [0.4, 0.5) is 24.5 Å². The first kappa shape index (κ1) is 22.2. The van der Waals surface area contributed by atoms with Crippen molar-refractivity contribution in [3.63, 3.8) is 0 Å². The summed E-state index contributed by atoms with van der Waals surface area (Å²) in [4.78, 5) is 12.5. The summed E-state index contributed by atoms with van der Waals surface area (Å²) >= 11 is 0. The molecule has 2 aromatic carbocycles. The number of ether oxygens (including phenoxy) is 2. The first-order valence-electron chi connectivity index (χ1n) is 9.48. The van der Waals surface area contributed by atoms with E-state index in [9.17, 15) is 31.5 Å². The number of carbonyl (C=O) groups is 1. The molecule has 172 valence electrons. The summed E-state index contributed by atoms with van der Waals surface area (Å²) < 4.78 is 78.8. The van der Waals surface area contributed by atoms with Crippen LogP contribution in [0, 0.1) is 0 Å². The van der Waals surface area contributed by atoms with E-state index in [1.807, 2.05) is 0 Å². The summed E-state index contributed by atoms with van der Waals surface area (Å²) in [6, 6.07) is 6.01. The van der Waals surface area contributed by atoms with Gasteiger partial charge in [-0.2, -0.15) is 13.2 Å². The third-order valence-electron chi connectivity index (χ3n) is 5.53. The normalized spacial score (nSPS) is 17.4. The van der Waals surface area contributed by atoms with Gasteiger partial charge < -0.3 is 19.5 Å². The van der Waals surface area contributed by atoms with Gasteiger partial charge in [0.25, 0.3) is 10.0 Å². The second-order valence-corrected chi connectivity index (χ2v) is 9.29. The Bertz CT molecular complexity index is 1170. The van der Waals surface area contributed by atoms with Crippen molar-refractivity contribution in [1.29, 1.82) is 0 Å². The van der Waals surface area contributed by atoms with E-state index >= 15 is 0 Å². The van der Waals surface area contributed by atoms with Crippen molar-refractivity contribution in [2.75, 3.05) is 36.4 Å². The molecule has 0 radical (unpaired) electrons. The number of sulfonamides is 1. The maximum atomic E-state index is 13.3. The lowest BCUT2D eigenvalue weighted by molar-refractivity contribution is -0.160. The molecular weight excluding hydrogens is 453 g/mol. The number of nitrogens with one attached hydrogen (secondary N) is 1. The van der Waals surface area contributed by atoms with Gasteiger partial charge in [0.05, 0.1) is 36.2 Å². The van der Waals surface area contributed by atoms with Crippen molar-refractivity contribution in [2.24, 2.45) is 0 Å². The maximum Gasteiger partial charge on any atom is 0.416 e. The average Bonchev–Trinajstić information content (AvgIpc) is 2.65. The molecule has 8 nitrogen and oxygen atoms in total. The smallest absolute Gasteiger partial charge is 0.416 e. The maximum absolute atomic E-state index is 13.3. The van der Waals surface area contributed by atoms with E-state index in [4.69, 9.17) is 9.47 Å². The van der Waals surface area contributed by atoms with Gasteiger partial charge in [0.2, 0.25) is 0 Å². The molecule has 2 aliphatic heterocycles. The fourth-order valence-electron chi connectivity index (χ4n) is 3.75. The predicted molar refractivity (Wildman–Crippen MR) is 108 cm³/mol. The molecule has 0 amide bonds. The minimum absolute atomic E-state index is 0.151. The van der Waals surface area contributed by atoms with Gasteiger partial charge in [0, 0.05) is 19.5 Å². The highest BCUT2D eigenvalue weighted by atomic mass is 32.2. The zero-order valence-corrected chi connectivity index (χ0v) is 17.6. The number of methoxy groups -OCH3 is 1. The van der Waals surface area contributed by atoms with E-state index in [0.29, 0.717) is 25.8 Å². The Morgan fingerprint density at radius 1 is 1.22 bits per heavy atom. The molecule has 2 fully saturated rings. The van der Waals surface area contributed by atoms with Crippen molar-refractivity contribution >= 4 is 27.4 Å². The summed E-state index contributed by atoms with van der Waals surface area (Å²) in [6.07, 6.45) is -3.86. The number of anilines is 2.